The number of nitrogens with zero attached hydrogens (tertiary/aromatic N) is 3. The van der Waals surface area contributed by atoms with Gasteiger partial charge in [0, 0.05) is 31.0 Å². The number of carbonyl (C=O) groups excluding carboxylic acids is 2. The Balaban J connectivity index is 1.96. The fourth-order valence-electron chi connectivity index (χ4n) is 2.59. The fraction of sp³-hybridized carbons (Fsp3) is 0.444. The number of ether oxygens (including phenoxy) is 1. The number of amides is 1. The van der Waals surface area contributed by atoms with Crippen LogP contribution in [0.25, 0.3) is 0 Å². The number of esters is 1. The van der Waals surface area contributed by atoms with Gasteiger partial charge < -0.3 is 10.1 Å². The average molecular weight is 441 g/mol. The van der Waals surface area contributed by atoms with Gasteiger partial charge in [-0.25, -0.2) is 13.2 Å². The average Bonchev–Trinajstić information content (AvgIpc) is 3.16. The second-order valence-electron chi connectivity index (χ2n) is 5.95. The highest BCUT2D eigenvalue weighted by Crippen LogP contribution is 2.20. The van der Waals surface area contributed by atoms with E-state index in [-0.39, 0.29) is 34.5 Å². The predicted octanol–water partition coefficient (Wildman–Crippen LogP) is 2.32. The number of aryl methyl sites for hydroxylation is 1. The number of benzene rings is 1. The summed E-state index contributed by atoms with van der Waals surface area (Å²) in [6, 6.07) is 6.49. The summed E-state index contributed by atoms with van der Waals surface area (Å²) in [6.07, 6.45) is 0.570. The van der Waals surface area contributed by atoms with Crippen molar-refractivity contribution in [2.75, 3.05) is 25.0 Å². The highest BCUT2D eigenvalue weighted by Gasteiger charge is 2.22. The zero-order valence-electron chi connectivity index (χ0n) is 16.5. The van der Waals surface area contributed by atoms with E-state index in [1.165, 1.54) is 4.31 Å². The van der Waals surface area contributed by atoms with Crippen LogP contribution in [0.15, 0.2) is 29.2 Å². The third-order valence-electron chi connectivity index (χ3n) is 4.12. The topological polar surface area (TPSA) is 119 Å². The first-order valence-electron chi connectivity index (χ1n) is 9.21. The summed E-state index contributed by atoms with van der Waals surface area (Å²) in [7, 11) is -3.50. The number of aromatic nitrogens is 2. The molecule has 1 N–H and O–H groups in total. The number of sulfonamides is 1. The normalized spacial score (nSPS) is 11.4. The summed E-state index contributed by atoms with van der Waals surface area (Å²) >= 11 is 0.900. The van der Waals surface area contributed by atoms with E-state index < -0.39 is 16.0 Å². The van der Waals surface area contributed by atoms with Crippen molar-refractivity contribution in [2.45, 2.75) is 38.5 Å². The van der Waals surface area contributed by atoms with Gasteiger partial charge in [-0.1, -0.05) is 30.5 Å². The highest BCUT2D eigenvalue weighted by atomic mass is 32.2. The van der Waals surface area contributed by atoms with E-state index in [4.69, 9.17) is 4.74 Å². The lowest BCUT2D eigenvalue weighted by Crippen LogP contribution is -2.30. The first kappa shape index (κ1) is 22.9. The number of carbonyl (C=O) groups is 2. The number of hydrogen-bond donors (Lipinski definition) is 1. The summed E-state index contributed by atoms with van der Waals surface area (Å²) in [5.41, 5.74) is 0.808. The summed E-state index contributed by atoms with van der Waals surface area (Å²) in [5.74, 6) is -0.942. The lowest BCUT2D eigenvalue weighted by Gasteiger charge is -2.18. The molecule has 0 saturated heterocycles. The van der Waals surface area contributed by atoms with Gasteiger partial charge in [0.15, 0.2) is 5.00 Å². The van der Waals surface area contributed by atoms with E-state index in [9.17, 15) is 18.0 Å². The summed E-state index contributed by atoms with van der Waals surface area (Å²) in [4.78, 5) is 24.2. The first-order valence-corrected chi connectivity index (χ1v) is 11.4. The third kappa shape index (κ3) is 5.81. The largest absolute Gasteiger partial charge is 0.461 e. The molecule has 11 heteroatoms. The van der Waals surface area contributed by atoms with Gasteiger partial charge in [0.1, 0.15) is 0 Å². The monoisotopic (exact) mass is 440 g/mol. The smallest absolute Gasteiger partial charge is 0.362 e. The van der Waals surface area contributed by atoms with Gasteiger partial charge in [-0.05, 0) is 31.0 Å². The SMILES string of the molecule is CCOC(=O)c1nnsc1NC(=O)CCc1ccc(S(=O)(=O)N(CC)CC)cc1. The highest BCUT2D eigenvalue weighted by molar-refractivity contribution is 7.89. The number of anilines is 1. The zero-order valence-corrected chi connectivity index (χ0v) is 18.2. The predicted molar refractivity (Wildman–Crippen MR) is 109 cm³/mol. The van der Waals surface area contributed by atoms with Crippen molar-refractivity contribution in [3.63, 3.8) is 0 Å². The number of nitrogens with one attached hydrogen (secondary N) is 1. The van der Waals surface area contributed by atoms with Gasteiger partial charge in [-0.15, -0.1) is 5.10 Å². The van der Waals surface area contributed by atoms with Gasteiger partial charge in [0.25, 0.3) is 0 Å². The Bertz CT molecular complexity index is 937. The summed E-state index contributed by atoms with van der Waals surface area (Å²) in [6.45, 7) is 6.26. The Labute approximate surface area is 174 Å². The van der Waals surface area contributed by atoms with Crippen molar-refractivity contribution < 1.29 is 22.7 Å². The van der Waals surface area contributed by atoms with Crippen LogP contribution in [0.2, 0.25) is 0 Å². The van der Waals surface area contributed by atoms with Crippen LogP contribution in [0, 0.1) is 0 Å². The molecule has 0 unspecified atom stereocenters. The Kier molecular flexibility index (Phi) is 8.23. The molecular weight excluding hydrogens is 416 g/mol. The van der Waals surface area contributed by atoms with E-state index >= 15 is 0 Å². The Hall–Kier alpha value is -2.37. The van der Waals surface area contributed by atoms with Crippen LogP contribution in [0.1, 0.15) is 43.2 Å². The van der Waals surface area contributed by atoms with E-state index in [0.29, 0.717) is 19.5 Å². The van der Waals surface area contributed by atoms with Crippen LogP contribution in [-0.4, -0.2) is 53.9 Å². The molecule has 0 radical (unpaired) electrons. The Morgan fingerprint density at radius 3 is 2.38 bits per heavy atom. The zero-order chi connectivity index (χ0) is 21.4. The minimum atomic E-state index is -3.50. The molecule has 0 fully saturated rings. The molecule has 29 heavy (non-hydrogen) atoms. The molecular formula is C18H24N4O5S2. The maximum absolute atomic E-state index is 12.5. The molecule has 0 saturated carbocycles. The minimum Gasteiger partial charge on any atom is -0.461 e. The van der Waals surface area contributed by atoms with Crippen LogP contribution in [-0.2, 0) is 26.0 Å². The van der Waals surface area contributed by atoms with Crippen molar-refractivity contribution in [1.29, 1.82) is 0 Å². The summed E-state index contributed by atoms with van der Waals surface area (Å²) < 4.78 is 34.9. The molecule has 0 aliphatic carbocycles. The van der Waals surface area contributed by atoms with Crippen molar-refractivity contribution in [1.82, 2.24) is 13.9 Å². The molecule has 1 heterocycles. The fourth-order valence-corrected chi connectivity index (χ4v) is 4.63. The molecule has 9 nitrogen and oxygen atoms in total. The van der Waals surface area contributed by atoms with Crippen molar-refractivity contribution >= 4 is 38.4 Å². The number of hydrogen-bond acceptors (Lipinski definition) is 8. The van der Waals surface area contributed by atoms with E-state index in [1.54, 1.807) is 45.0 Å². The maximum Gasteiger partial charge on any atom is 0.362 e. The van der Waals surface area contributed by atoms with Crippen LogP contribution in [0.3, 0.4) is 0 Å². The molecule has 0 aliphatic heterocycles. The third-order valence-corrected chi connectivity index (χ3v) is 6.82. The molecule has 1 aromatic heterocycles. The van der Waals surface area contributed by atoms with Gasteiger partial charge in [-0.3, -0.25) is 4.79 Å². The van der Waals surface area contributed by atoms with Crippen LogP contribution in [0.5, 0.6) is 0 Å². The molecule has 2 aromatic rings. The molecule has 0 bridgehead atoms. The molecule has 158 valence electrons. The van der Waals surface area contributed by atoms with Crippen LogP contribution < -0.4 is 5.32 Å². The second-order valence-corrected chi connectivity index (χ2v) is 8.64. The lowest BCUT2D eigenvalue weighted by molar-refractivity contribution is -0.116. The van der Waals surface area contributed by atoms with Crippen molar-refractivity contribution in [2.24, 2.45) is 0 Å². The van der Waals surface area contributed by atoms with E-state index in [1.807, 2.05) is 0 Å². The van der Waals surface area contributed by atoms with Gasteiger partial charge >= 0.3 is 5.97 Å². The second kappa shape index (κ2) is 10.4. The molecule has 1 amide bonds. The van der Waals surface area contributed by atoms with Gasteiger partial charge in [0.2, 0.25) is 21.6 Å². The minimum absolute atomic E-state index is 0.0174. The quantitative estimate of drug-likeness (QED) is 0.563. The van der Waals surface area contributed by atoms with Crippen molar-refractivity contribution in [3.8, 4) is 0 Å². The van der Waals surface area contributed by atoms with E-state index in [0.717, 1.165) is 17.1 Å². The Morgan fingerprint density at radius 1 is 1.14 bits per heavy atom. The van der Waals surface area contributed by atoms with Gasteiger partial charge in [-0.2, -0.15) is 4.31 Å². The Morgan fingerprint density at radius 2 is 1.79 bits per heavy atom. The molecule has 1 aromatic carbocycles. The lowest BCUT2D eigenvalue weighted by atomic mass is 10.1. The summed E-state index contributed by atoms with van der Waals surface area (Å²) in [5, 5.41) is 6.55. The maximum atomic E-state index is 12.5. The molecule has 0 spiro atoms. The molecule has 0 aliphatic rings. The van der Waals surface area contributed by atoms with Crippen molar-refractivity contribution in [3.05, 3.63) is 35.5 Å². The van der Waals surface area contributed by atoms with Crippen LogP contribution >= 0.6 is 11.5 Å². The van der Waals surface area contributed by atoms with Crippen LogP contribution in [0.4, 0.5) is 5.00 Å². The van der Waals surface area contributed by atoms with Gasteiger partial charge in [0.05, 0.1) is 11.5 Å². The van der Waals surface area contributed by atoms with E-state index in [2.05, 4.69) is 14.9 Å². The first-order chi connectivity index (χ1) is 13.8. The molecule has 0 atom stereocenters. The molecule has 2 rings (SSSR count). The standard InChI is InChI=1S/C18H24N4O5S2/c1-4-22(5-2)29(25,26)14-10-7-13(8-11-14)9-12-15(23)19-17-16(20-21-28-17)18(24)27-6-3/h7-8,10-11H,4-6,9,12H2,1-3H3,(H,19,23). The number of rotatable bonds is 10.